The average molecular weight is 435 g/mol. The van der Waals surface area contributed by atoms with E-state index in [-0.39, 0.29) is 6.54 Å². The van der Waals surface area contributed by atoms with E-state index in [9.17, 15) is 9.46 Å². The molecule has 0 aromatic heterocycles. The second-order valence-corrected chi connectivity index (χ2v) is 12.0. The molecule has 1 aliphatic rings. The van der Waals surface area contributed by atoms with E-state index in [0.29, 0.717) is 30.2 Å². The van der Waals surface area contributed by atoms with Gasteiger partial charge in [0.05, 0.1) is 19.6 Å². The fourth-order valence-corrected chi connectivity index (χ4v) is 9.02. The Balaban J connectivity index is 2.09. The maximum atomic E-state index is 14.3. The largest absolute Gasteiger partial charge is 0.635 e. The van der Waals surface area contributed by atoms with Crippen molar-refractivity contribution >= 4 is 15.7 Å². The lowest BCUT2D eigenvalue weighted by molar-refractivity contribution is -0.198. The molecule has 0 bridgehead atoms. The van der Waals surface area contributed by atoms with Crippen LogP contribution >= 0.6 is 15.7 Å². The van der Waals surface area contributed by atoms with Gasteiger partial charge in [-0.3, -0.25) is 0 Å². The molecule has 2 aromatic rings. The minimum Gasteiger partial charge on any atom is -0.635 e. The number of nitrogens with zero attached hydrogens (tertiary/aromatic N) is 3. The molecule has 156 valence electrons. The summed E-state index contributed by atoms with van der Waals surface area (Å²) in [4.78, 5) is 14.1. The van der Waals surface area contributed by atoms with Crippen LogP contribution in [0, 0.1) is 0 Å². The molecule has 0 atom stereocenters. The molecule has 1 saturated heterocycles. The molecule has 0 amide bonds. The van der Waals surface area contributed by atoms with Gasteiger partial charge in [-0.05, 0) is 35.6 Å². The van der Waals surface area contributed by atoms with Crippen LogP contribution in [-0.2, 0) is 4.57 Å². The van der Waals surface area contributed by atoms with Crippen molar-refractivity contribution in [2.24, 2.45) is 0 Å². The van der Waals surface area contributed by atoms with Crippen molar-refractivity contribution in [1.29, 1.82) is 0 Å². The summed E-state index contributed by atoms with van der Waals surface area (Å²) in [6.45, 7) is 7.00. The minimum atomic E-state index is -4.09. The summed E-state index contributed by atoms with van der Waals surface area (Å²) in [5.74, 6) is 0.740. The Hall–Kier alpha value is -1.72. The standard InChI is InChI=1S/C20H27N3O4P2/c1-18(2)17-23(28(24)21(3)15-16-22(28)4)29(25,26-19-11-7-5-8-12-19)27-20-13-9-6-10-14-20/h5-14H,1,15-17H2,2-4H3. The molecule has 29 heavy (non-hydrogen) atoms. The lowest BCUT2D eigenvalue weighted by Crippen LogP contribution is -2.43. The molecule has 1 heterocycles. The Bertz CT molecular complexity index is 826. The topological polar surface area (TPSA) is 68.3 Å². The van der Waals surface area contributed by atoms with Crippen LogP contribution in [0.1, 0.15) is 6.92 Å². The van der Waals surface area contributed by atoms with Crippen LogP contribution < -0.4 is 13.9 Å². The zero-order chi connectivity index (χ0) is 21.1. The second-order valence-electron chi connectivity index (χ2n) is 7.04. The molecule has 2 aromatic carbocycles. The molecular weight excluding hydrogens is 408 g/mol. The van der Waals surface area contributed by atoms with Crippen molar-refractivity contribution in [1.82, 2.24) is 13.8 Å². The Morgan fingerprint density at radius 2 is 1.45 bits per heavy atom. The summed E-state index contributed by atoms with van der Waals surface area (Å²) in [5, 5.41) is 0. The summed E-state index contributed by atoms with van der Waals surface area (Å²) >= 11 is 0. The maximum absolute atomic E-state index is 14.3. The summed E-state index contributed by atoms with van der Waals surface area (Å²) in [6.07, 6.45) is 0. The Morgan fingerprint density at radius 3 is 1.83 bits per heavy atom. The van der Waals surface area contributed by atoms with Crippen molar-refractivity contribution in [2.45, 2.75) is 6.92 Å². The third-order valence-corrected chi connectivity index (χ3v) is 10.4. The van der Waals surface area contributed by atoms with E-state index in [2.05, 4.69) is 6.58 Å². The summed E-state index contributed by atoms with van der Waals surface area (Å²) in [7, 11) is -3.97. The van der Waals surface area contributed by atoms with Gasteiger partial charge in [0.1, 0.15) is 11.5 Å². The van der Waals surface area contributed by atoms with Crippen LogP contribution in [0.15, 0.2) is 72.8 Å². The molecule has 0 saturated carbocycles. The zero-order valence-electron chi connectivity index (χ0n) is 17.0. The maximum Gasteiger partial charge on any atom is 0.550 e. The number of hydrogen-bond acceptors (Lipinski definition) is 6. The van der Waals surface area contributed by atoms with Crippen LogP contribution in [0.4, 0.5) is 0 Å². The SMILES string of the molecule is C=C(C)CN(P(=O)(Oc1ccccc1)Oc1ccccc1)[P+]1([O-])N(C)CCN1C. The van der Waals surface area contributed by atoms with Crippen LogP contribution in [0.25, 0.3) is 0 Å². The molecule has 1 aliphatic heterocycles. The van der Waals surface area contributed by atoms with Gasteiger partial charge in [0.25, 0.3) is 0 Å². The van der Waals surface area contributed by atoms with E-state index in [1.807, 2.05) is 12.1 Å². The zero-order valence-corrected chi connectivity index (χ0v) is 18.8. The quantitative estimate of drug-likeness (QED) is 0.458. The van der Waals surface area contributed by atoms with Gasteiger partial charge in [-0.2, -0.15) is 9.34 Å². The van der Waals surface area contributed by atoms with Crippen molar-refractivity contribution in [3.8, 4) is 11.5 Å². The molecule has 9 heteroatoms. The third kappa shape index (κ3) is 4.72. The van der Waals surface area contributed by atoms with Crippen molar-refractivity contribution in [3.05, 3.63) is 72.8 Å². The fraction of sp³-hybridized carbons (Fsp3) is 0.300. The van der Waals surface area contributed by atoms with Gasteiger partial charge in [0.15, 0.2) is 7.94 Å². The predicted octanol–water partition coefficient (Wildman–Crippen LogP) is 4.05. The van der Waals surface area contributed by atoms with Crippen molar-refractivity contribution in [2.75, 3.05) is 33.7 Å². The normalized spacial score (nSPS) is 17.4. The van der Waals surface area contributed by atoms with E-state index < -0.39 is 15.7 Å². The number of para-hydroxylation sites is 2. The third-order valence-electron chi connectivity index (χ3n) is 4.56. The van der Waals surface area contributed by atoms with E-state index in [1.165, 1.54) is 4.44 Å². The summed E-state index contributed by atoms with van der Waals surface area (Å²) in [5.41, 5.74) is 0.697. The van der Waals surface area contributed by atoms with Gasteiger partial charge in [-0.1, -0.05) is 48.6 Å². The van der Waals surface area contributed by atoms with E-state index in [4.69, 9.17) is 9.05 Å². The monoisotopic (exact) mass is 435 g/mol. The lowest BCUT2D eigenvalue weighted by atomic mass is 10.3. The number of rotatable bonds is 8. The molecule has 0 unspecified atom stereocenters. The molecule has 7 nitrogen and oxygen atoms in total. The first-order valence-corrected chi connectivity index (χ1v) is 12.4. The molecule has 0 spiro atoms. The first-order valence-electron chi connectivity index (χ1n) is 9.31. The number of likely N-dealkylation sites (N-methyl/N-ethyl adjacent to an activating group) is 2. The van der Waals surface area contributed by atoms with Gasteiger partial charge < -0.3 is 13.9 Å². The Labute approximate surface area is 173 Å². The first-order chi connectivity index (χ1) is 13.8. The molecule has 1 fully saturated rings. The van der Waals surface area contributed by atoms with Gasteiger partial charge in [0.2, 0.25) is 0 Å². The smallest absolute Gasteiger partial charge is 0.550 e. The van der Waals surface area contributed by atoms with Crippen LogP contribution in [0.3, 0.4) is 0 Å². The highest BCUT2D eigenvalue weighted by Crippen LogP contribution is 2.73. The highest BCUT2D eigenvalue weighted by Gasteiger charge is 2.59. The van der Waals surface area contributed by atoms with Gasteiger partial charge in [-0.25, -0.2) is 4.57 Å². The Morgan fingerprint density at radius 1 is 1.03 bits per heavy atom. The summed E-state index contributed by atoms with van der Waals surface area (Å²) < 4.78 is 30.9. The number of benzene rings is 2. The molecular formula is C20H27N3O4P2. The minimum absolute atomic E-state index is 0.100. The molecule has 0 radical (unpaired) electrons. The molecule has 0 aliphatic carbocycles. The van der Waals surface area contributed by atoms with Gasteiger partial charge >= 0.3 is 7.75 Å². The summed E-state index contributed by atoms with van der Waals surface area (Å²) in [6, 6.07) is 17.6. The molecule has 3 rings (SSSR count). The fourth-order valence-electron chi connectivity index (χ4n) is 3.07. The van der Waals surface area contributed by atoms with Crippen molar-refractivity contribution in [3.63, 3.8) is 0 Å². The molecule has 0 N–H and O–H groups in total. The van der Waals surface area contributed by atoms with Gasteiger partial charge in [-0.15, -0.1) is 0 Å². The first kappa shape index (κ1) is 22.0. The van der Waals surface area contributed by atoms with E-state index in [1.54, 1.807) is 78.9 Å². The predicted molar refractivity (Wildman–Crippen MR) is 115 cm³/mol. The highest BCUT2D eigenvalue weighted by molar-refractivity contribution is 7.73. The van der Waals surface area contributed by atoms with Gasteiger partial charge in [0, 0.05) is 14.1 Å². The number of hydrogen-bond donors (Lipinski definition) is 0. The second kappa shape index (κ2) is 8.97. The Kier molecular flexibility index (Phi) is 6.79. The van der Waals surface area contributed by atoms with Crippen molar-refractivity contribution < 1.29 is 18.5 Å². The van der Waals surface area contributed by atoms with Crippen LogP contribution in [0.2, 0.25) is 0 Å². The lowest BCUT2D eigenvalue weighted by Gasteiger charge is -2.44. The van der Waals surface area contributed by atoms with E-state index >= 15 is 0 Å². The highest BCUT2D eigenvalue weighted by atomic mass is 31.3. The van der Waals surface area contributed by atoms with Crippen LogP contribution in [0.5, 0.6) is 11.5 Å². The average Bonchev–Trinajstić information content (AvgIpc) is 2.95. The van der Waals surface area contributed by atoms with E-state index in [0.717, 1.165) is 0 Å². The van der Waals surface area contributed by atoms with Crippen LogP contribution in [-0.4, -0.2) is 47.5 Å².